The summed E-state index contributed by atoms with van der Waals surface area (Å²) in [6.07, 6.45) is -0.457. The summed E-state index contributed by atoms with van der Waals surface area (Å²) in [5.41, 5.74) is -1.41. The normalized spacial score (nSPS) is 18.1. The number of hydrogen-bond donors (Lipinski definition) is 0. The van der Waals surface area contributed by atoms with Crippen molar-refractivity contribution < 1.29 is 32.2 Å². The van der Waals surface area contributed by atoms with E-state index in [0.29, 0.717) is 5.75 Å². The molecule has 1 saturated heterocycles. The van der Waals surface area contributed by atoms with E-state index in [4.69, 9.17) is 31.2 Å². The van der Waals surface area contributed by atoms with E-state index in [9.17, 15) is 13.2 Å². The van der Waals surface area contributed by atoms with Crippen molar-refractivity contribution in [1.29, 1.82) is 0 Å². The van der Waals surface area contributed by atoms with E-state index in [2.05, 4.69) is 11.8 Å². The monoisotopic (exact) mass is 526 g/mol. The number of sulfonamides is 1. The fraction of sp³-hybridized carbons (Fsp3) is 0.583. The molecule has 2 rings (SSSR count). The topological polar surface area (TPSA) is 94.6 Å². The Kier molecular flexibility index (Phi) is 9.53. The maximum absolute atomic E-state index is 13.4. The second-order valence-electron chi connectivity index (χ2n) is 9.44. The van der Waals surface area contributed by atoms with Crippen LogP contribution in [0.15, 0.2) is 29.2 Å². The van der Waals surface area contributed by atoms with Crippen molar-refractivity contribution in [3.05, 3.63) is 24.3 Å². The lowest BCUT2D eigenvalue weighted by Gasteiger charge is -2.44. The molecule has 0 saturated carbocycles. The lowest BCUT2D eigenvalue weighted by Crippen LogP contribution is -2.61. The maximum Gasteiger partial charge on any atom is 0.410 e. The van der Waals surface area contributed by atoms with Crippen LogP contribution in [0, 0.1) is 11.8 Å². The third kappa shape index (κ3) is 7.80. The van der Waals surface area contributed by atoms with Crippen molar-refractivity contribution in [3.8, 4) is 17.6 Å². The second kappa shape index (κ2) is 11.6. The molecule has 0 spiro atoms. The van der Waals surface area contributed by atoms with Crippen LogP contribution in [0.1, 0.15) is 34.6 Å². The van der Waals surface area contributed by atoms with E-state index in [-0.39, 0.29) is 36.2 Å². The number of thiocarbonyl (C=S) groups is 1. The Morgan fingerprint density at radius 1 is 1.26 bits per heavy atom. The number of nitrogens with zero attached hydrogens (tertiary/aromatic N) is 2. The molecule has 1 amide bonds. The van der Waals surface area contributed by atoms with Gasteiger partial charge in [-0.2, -0.15) is 4.31 Å². The fourth-order valence-electron chi connectivity index (χ4n) is 3.32. The van der Waals surface area contributed by atoms with Gasteiger partial charge in [-0.25, -0.2) is 13.2 Å². The van der Waals surface area contributed by atoms with Crippen LogP contribution in [0.3, 0.4) is 0 Å². The highest BCUT2D eigenvalue weighted by atomic mass is 32.2. The largest absolute Gasteiger partial charge is 0.488 e. The summed E-state index contributed by atoms with van der Waals surface area (Å²) in [4.78, 5) is 13.4. The number of carbonyl (C=O) groups excluding carboxylic acids is 1. The number of morpholine rings is 1. The molecule has 0 N–H and O–H groups in total. The van der Waals surface area contributed by atoms with Gasteiger partial charge in [0.15, 0.2) is 5.05 Å². The average Bonchev–Trinajstić information content (AvgIpc) is 2.76. The van der Waals surface area contributed by atoms with Crippen LogP contribution in [0.5, 0.6) is 5.75 Å². The summed E-state index contributed by atoms with van der Waals surface area (Å²) >= 11 is 5.29. The quantitative estimate of drug-likeness (QED) is 0.412. The van der Waals surface area contributed by atoms with Gasteiger partial charge >= 0.3 is 6.09 Å². The Bertz CT molecular complexity index is 1070. The summed E-state index contributed by atoms with van der Waals surface area (Å²) in [7, 11) is -0.843. The third-order valence-electron chi connectivity index (χ3n) is 5.04. The van der Waals surface area contributed by atoms with Crippen molar-refractivity contribution in [3.63, 3.8) is 0 Å². The van der Waals surface area contributed by atoms with Crippen molar-refractivity contribution >= 4 is 33.4 Å². The van der Waals surface area contributed by atoms with Gasteiger partial charge in [-0.05, 0) is 71.1 Å². The first-order valence-corrected chi connectivity index (χ1v) is 12.9. The van der Waals surface area contributed by atoms with Crippen molar-refractivity contribution in [2.24, 2.45) is 0 Å². The van der Waals surface area contributed by atoms with Crippen LogP contribution in [0.25, 0.3) is 0 Å². The molecule has 1 aromatic carbocycles. The lowest BCUT2D eigenvalue weighted by molar-refractivity contribution is -0.0852. The van der Waals surface area contributed by atoms with Gasteiger partial charge in [0.2, 0.25) is 10.0 Å². The van der Waals surface area contributed by atoms with Crippen LogP contribution >= 0.6 is 12.2 Å². The Balaban J connectivity index is 2.01. The molecule has 0 aliphatic carbocycles. The molecule has 194 valence electrons. The molecule has 9 nitrogen and oxygen atoms in total. The Hall–Kier alpha value is -2.39. The van der Waals surface area contributed by atoms with Crippen LogP contribution in [0.2, 0.25) is 0 Å². The highest BCUT2D eigenvalue weighted by molar-refractivity contribution is 7.89. The molecule has 1 heterocycles. The smallest absolute Gasteiger partial charge is 0.410 e. The van der Waals surface area contributed by atoms with E-state index in [1.54, 1.807) is 53.8 Å². The molecular formula is C24H34N2O7S2. The number of ether oxygens (including phenoxy) is 4. The summed E-state index contributed by atoms with van der Waals surface area (Å²) in [6.45, 7) is 9.63. The first-order chi connectivity index (χ1) is 16.2. The Morgan fingerprint density at radius 2 is 1.89 bits per heavy atom. The molecule has 35 heavy (non-hydrogen) atoms. The number of benzene rings is 1. The third-order valence-corrected chi connectivity index (χ3v) is 7.31. The molecule has 1 aliphatic heterocycles. The second-order valence-corrected chi connectivity index (χ2v) is 11.7. The van der Waals surface area contributed by atoms with Crippen LogP contribution in [-0.4, -0.2) is 86.5 Å². The molecule has 1 unspecified atom stereocenters. The van der Waals surface area contributed by atoms with Gasteiger partial charge < -0.3 is 23.8 Å². The molecule has 0 aromatic heterocycles. The van der Waals surface area contributed by atoms with Gasteiger partial charge in [-0.15, -0.1) is 0 Å². The van der Waals surface area contributed by atoms with Gasteiger partial charge in [0.1, 0.15) is 24.0 Å². The van der Waals surface area contributed by atoms with Crippen LogP contribution in [-0.2, 0) is 24.2 Å². The maximum atomic E-state index is 13.4. The average molecular weight is 527 g/mol. The minimum atomic E-state index is -3.86. The highest BCUT2D eigenvalue weighted by Gasteiger charge is 2.47. The van der Waals surface area contributed by atoms with Crippen LogP contribution < -0.4 is 4.74 Å². The predicted molar refractivity (Wildman–Crippen MR) is 136 cm³/mol. The molecule has 1 aliphatic rings. The zero-order chi connectivity index (χ0) is 26.4. The Labute approximate surface area is 213 Å². The number of hydrogen-bond acceptors (Lipinski definition) is 8. The first kappa shape index (κ1) is 28.8. The number of carbonyl (C=O) groups is 1. The minimum Gasteiger partial charge on any atom is -0.488 e. The van der Waals surface area contributed by atoms with Gasteiger partial charge in [0.25, 0.3) is 0 Å². The standard InChI is InChI=1S/C24H34N2O7S2/c1-23(2,3)33-22(27)25(6)14-8-9-16-31-18-10-12-19(13-11-18)35(28,29)26-15-17-32-24(4,5)20(26)21(34)30-7/h10-13,20H,14-17H2,1-7H3. The summed E-state index contributed by atoms with van der Waals surface area (Å²) in [5.74, 6) is 6.13. The fourth-order valence-corrected chi connectivity index (χ4v) is 5.49. The molecule has 0 radical (unpaired) electrons. The lowest BCUT2D eigenvalue weighted by atomic mass is 9.97. The number of methoxy groups -OCH3 is 1. The van der Waals surface area contributed by atoms with Gasteiger partial charge in [0.05, 0.1) is 30.8 Å². The van der Waals surface area contributed by atoms with E-state index in [0.717, 1.165) is 0 Å². The molecular weight excluding hydrogens is 492 g/mol. The zero-order valence-corrected chi connectivity index (χ0v) is 22.9. The van der Waals surface area contributed by atoms with Gasteiger partial charge in [-0.1, -0.05) is 11.8 Å². The first-order valence-electron chi connectivity index (χ1n) is 11.1. The SMILES string of the molecule is COC(=S)C1N(S(=O)(=O)c2ccc(OCC#CCN(C)C(=O)OC(C)(C)C)cc2)CCOC1(C)C. The Morgan fingerprint density at radius 3 is 2.46 bits per heavy atom. The van der Waals surface area contributed by atoms with E-state index in [1.807, 2.05) is 0 Å². The van der Waals surface area contributed by atoms with E-state index in [1.165, 1.54) is 28.4 Å². The summed E-state index contributed by atoms with van der Waals surface area (Å²) < 4.78 is 49.9. The number of rotatable bonds is 6. The molecule has 11 heteroatoms. The zero-order valence-electron chi connectivity index (χ0n) is 21.3. The van der Waals surface area contributed by atoms with E-state index < -0.39 is 33.4 Å². The molecule has 1 fully saturated rings. The highest BCUT2D eigenvalue weighted by Crippen LogP contribution is 2.31. The number of amides is 1. The van der Waals surface area contributed by atoms with E-state index >= 15 is 0 Å². The predicted octanol–water partition coefficient (Wildman–Crippen LogP) is 3.08. The molecule has 1 aromatic rings. The van der Waals surface area contributed by atoms with Crippen molar-refractivity contribution in [2.75, 3.05) is 40.5 Å². The van der Waals surface area contributed by atoms with Gasteiger partial charge in [-0.3, -0.25) is 0 Å². The van der Waals surface area contributed by atoms with Gasteiger partial charge in [0, 0.05) is 13.6 Å². The molecule has 0 bridgehead atoms. The van der Waals surface area contributed by atoms with Crippen molar-refractivity contribution in [2.45, 2.75) is 56.8 Å². The van der Waals surface area contributed by atoms with Crippen LogP contribution in [0.4, 0.5) is 4.79 Å². The van der Waals surface area contributed by atoms with Crippen molar-refractivity contribution in [1.82, 2.24) is 9.21 Å². The molecule has 1 atom stereocenters. The minimum absolute atomic E-state index is 0.0795. The summed E-state index contributed by atoms with van der Waals surface area (Å²) in [6, 6.07) is 5.34. The summed E-state index contributed by atoms with van der Waals surface area (Å²) in [5, 5.41) is 0.147.